The Labute approximate surface area is 128 Å². The van der Waals surface area contributed by atoms with Gasteiger partial charge in [-0.2, -0.15) is 4.31 Å². The minimum absolute atomic E-state index is 0.149. The minimum Gasteiger partial charge on any atom is -0.326 e. The Bertz CT molecular complexity index is 582. The van der Waals surface area contributed by atoms with Gasteiger partial charge in [-0.3, -0.25) is 0 Å². The lowest BCUT2D eigenvalue weighted by Gasteiger charge is -2.34. The normalized spacial score (nSPS) is 20.6. The van der Waals surface area contributed by atoms with Crippen LogP contribution in [0.1, 0.15) is 50.2 Å². The molecule has 0 radical (unpaired) electrons. The summed E-state index contributed by atoms with van der Waals surface area (Å²) in [6, 6.07) is 5.45. The van der Waals surface area contributed by atoms with Crippen molar-refractivity contribution in [1.82, 2.24) is 4.31 Å². The number of sulfonamides is 1. The maximum absolute atomic E-state index is 12.9. The first-order valence-electron chi connectivity index (χ1n) is 7.82. The van der Waals surface area contributed by atoms with E-state index in [1.54, 1.807) is 16.4 Å². The molecule has 0 bridgehead atoms. The summed E-state index contributed by atoms with van der Waals surface area (Å²) in [7, 11) is -3.40. The Hall–Kier alpha value is -0.910. The molecule has 0 saturated carbocycles. The minimum atomic E-state index is -3.40. The molecule has 5 heteroatoms. The first-order chi connectivity index (χ1) is 10.0. The first-order valence-corrected chi connectivity index (χ1v) is 9.26. The molecule has 1 heterocycles. The van der Waals surface area contributed by atoms with Crippen molar-refractivity contribution in [2.45, 2.75) is 63.4 Å². The van der Waals surface area contributed by atoms with Crippen LogP contribution in [-0.2, 0) is 16.6 Å². The molecular formula is C16H26N2O2S. The highest BCUT2D eigenvalue weighted by Gasteiger charge is 2.32. The molecule has 21 heavy (non-hydrogen) atoms. The van der Waals surface area contributed by atoms with Crippen molar-refractivity contribution in [3.8, 4) is 0 Å². The van der Waals surface area contributed by atoms with Gasteiger partial charge in [0.25, 0.3) is 0 Å². The number of nitrogens with two attached hydrogens (primary N) is 1. The number of hydrogen-bond donors (Lipinski definition) is 1. The zero-order valence-corrected chi connectivity index (χ0v) is 13.8. The van der Waals surface area contributed by atoms with Gasteiger partial charge in [0.15, 0.2) is 0 Å². The lowest BCUT2D eigenvalue weighted by atomic mass is 10.0. The summed E-state index contributed by atoms with van der Waals surface area (Å²) in [4.78, 5) is 0.386. The van der Waals surface area contributed by atoms with Gasteiger partial charge in [0.2, 0.25) is 10.0 Å². The van der Waals surface area contributed by atoms with Crippen molar-refractivity contribution in [2.24, 2.45) is 5.73 Å². The monoisotopic (exact) mass is 310 g/mol. The van der Waals surface area contributed by atoms with Gasteiger partial charge >= 0.3 is 0 Å². The van der Waals surface area contributed by atoms with E-state index in [1.807, 2.05) is 13.0 Å². The van der Waals surface area contributed by atoms with Crippen LogP contribution in [0, 0.1) is 6.92 Å². The quantitative estimate of drug-likeness (QED) is 0.909. The number of rotatable bonds is 5. The van der Waals surface area contributed by atoms with Gasteiger partial charge in [-0.1, -0.05) is 25.8 Å². The number of nitrogens with zero attached hydrogens (tertiary/aromatic N) is 1. The van der Waals surface area contributed by atoms with Gasteiger partial charge in [0.1, 0.15) is 0 Å². The number of aryl methyl sites for hydroxylation is 1. The lowest BCUT2D eigenvalue weighted by molar-refractivity contribution is 0.239. The number of piperidine rings is 1. The molecule has 1 aliphatic rings. The third-order valence-electron chi connectivity index (χ3n) is 4.34. The fourth-order valence-electron chi connectivity index (χ4n) is 3.08. The summed E-state index contributed by atoms with van der Waals surface area (Å²) in [6.07, 6.45) is 5.00. The topological polar surface area (TPSA) is 63.4 Å². The van der Waals surface area contributed by atoms with E-state index in [1.165, 1.54) is 0 Å². The van der Waals surface area contributed by atoms with E-state index in [2.05, 4.69) is 6.92 Å². The van der Waals surface area contributed by atoms with E-state index >= 15 is 0 Å². The molecule has 0 aromatic heterocycles. The summed E-state index contributed by atoms with van der Waals surface area (Å²) >= 11 is 0. The summed E-state index contributed by atoms with van der Waals surface area (Å²) in [6.45, 7) is 5.07. The summed E-state index contributed by atoms with van der Waals surface area (Å²) in [5.74, 6) is 0. The van der Waals surface area contributed by atoms with Crippen molar-refractivity contribution in [2.75, 3.05) is 6.54 Å². The molecular weight excluding hydrogens is 284 g/mol. The molecule has 0 spiro atoms. The van der Waals surface area contributed by atoms with Crippen LogP contribution in [0.2, 0.25) is 0 Å². The predicted molar refractivity (Wildman–Crippen MR) is 85.5 cm³/mol. The van der Waals surface area contributed by atoms with Crippen molar-refractivity contribution in [3.63, 3.8) is 0 Å². The Morgan fingerprint density at radius 2 is 2.10 bits per heavy atom. The second-order valence-electron chi connectivity index (χ2n) is 5.85. The van der Waals surface area contributed by atoms with Crippen LogP contribution in [0.25, 0.3) is 0 Å². The molecule has 1 atom stereocenters. The molecule has 1 aromatic rings. The van der Waals surface area contributed by atoms with Gasteiger partial charge in [-0.05, 0) is 49.4 Å². The third kappa shape index (κ3) is 3.47. The second-order valence-corrected chi connectivity index (χ2v) is 7.74. The van der Waals surface area contributed by atoms with Crippen LogP contribution in [0.5, 0.6) is 0 Å². The van der Waals surface area contributed by atoms with Gasteiger partial charge < -0.3 is 5.73 Å². The maximum atomic E-state index is 12.9. The second kappa shape index (κ2) is 6.90. The van der Waals surface area contributed by atoms with E-state index < -0.39 is 10.0 Å². The van der Waals surface area contributed by atoms with Gasteiger partial charge in [-0.25, -0.2) is 8.42 Å². The highest BCUT2D eigenvalue weighted by molar-refractivity contribution is 7.89. The molecule has 1 fully saturated rings. The molecule has 2 rings (SSSR count). The molecule has 1 aliphatic heterocycles. The predicted octanol–water partition coefficient (Wildman–Crippen LogP) is 2.80. The smallest absolute Gasteiger partial charge is 0.243 e. The van der Waals surface area contributed by atoms with E-state index in [4.69, 9.17) is 5.73 Å². The zero-order valence-electron chi connectivity index (χ0n) is 13.0. The SMILES string of the molecule is CCCC1CCCCN1S(=O)(=O)c1ccc(C)c(CN)c1. The van der Waals surface area contributed by atoms with Crippen molar-refractivity contribution in [1.29, 1.82) is 0 Å². The Kier molecular flexibility index (Phi) is 5.41. The van der Waals surface area contributed by atoms with Crippen molar-refractivity contribution >= 4 is 10.0 Å². The van der Waals surface area contributed by atoms with Crippen LogP contribution < -0.4 is 5.73 Å². The van der Waals surface area contributed by atoms with Gasteiger partial charge in [0.05, 0.1) is 4.90 Å². The fourth-order valence-corrected chi connectivity index (χ4v) is 4.85. The van der Waals surface area contributed by atoms with Crippen molar-refractivity contribution < 1.29 is 8.42 Å². The molecule has 1 unspecified atom stereocenters. The van der Waals surface area contributed by atoms with E-state index in [0.717, 1.165) is 43.2 Å². The molecule has 2 N–H and O–H groups in total. The van der Waals surface area contributed by atoms with E-state index in [9.17, 15) is 8.42 Å². The van der Waals surface area contributed by atoms with Gasteiger partial charge in [-0.15, -0.1) is 0 Å². The highest BCUT2D eigenvalue weighted by Crippen LogP contribution is 2.28. The summed E-state index contributed by atoms with van der Waals surface area (Å²) < 4.78 is 27.6. The van der Waals surface area contributed by atoms with Crippen LogP contribution in [0.4, 0.5) is 0 Å². The van der Waals surface area contributed by atoms with Crippen LogP contribution in [-0.4, -0.2) is 25.3 Å². The standard InChI is InChI=1S/C16H26N2O2S/c1-3-6-15-7-4-5-10-18(15)21(19,20)16-9-8-13(2)14(11-16)12-17/h8-9,11,15H,3-7,10,12,17H2,1-2H3. The fraction of sp³-hybridized carbons (Fsp3) is 0.625. The summed E-state index contributed by atoms with van der Waals surface area (Å²) in [5, 5.41) is 0. The zero-order chi connectivity index (χ0) is 15.5. The molecule has 0 amide bonds. The van der Waals surface area contributed by atoms with Crippen LogP contribution >= 0.6 is 0 Å². The van der Waals surface area contributed by atoms with Crippen LogP contribution in [0.15, 0.2) is 23.1 Å². The molecule has 1 aromatic carbocycles. The molecule has 0 aliphatic carbocycles. The first kappa shape index (κ1) is 16.5. The van der Waals surface area contributed by atoms with E-state index in [-0.39, 0.29) is 6.04 Å². The molecule has 1 saturated heterocycles. The molecule has 4 nitrogen and oxygen atoms in total. The van der Waals surface area contributed by atoms with Crippen molar-refractivity contribution in [3.05, 3.63) is 29.3 Å². The van der Waals surface area contributed by atoms with Crippen LogP contribution in [0.3, 0.4) is 0 Å². The highest BCUT2D eigenvalue weighted by atomic mass is 32.2. The largest absolute Gasteiger partial charge is 0.326 e. The number of hydrogen-bond acceptors (Lipinski definition) is 3. The average molecular weight is 310 g/mol. The maximum Gasteiger partial charge on any atom is 0.243 e. The lowest BCUT2D eigenvalue weighted by Crippen LogP contribution is -2.43. The number of benzene rings is 1. The Balaban J connectivity index is 2.35. The third-order valence-corrected chi connectivity index (χ3v) is 6.29. The molecule has 118 valence electrons. The summed E-state index contributed by atoms with van der Waals surface area (Å²) in [5.41, 5.74) is 7.65. The van der Waals surface area contributed by atoms with E-state index in [0.29, 0.717) is 18.0 Å². The Morgan fingerprint density at radius 1 is 1.33 bits per heavy atom. The average Bonchev–Trinajstić information content (AvgIpc) is 2.48. The Morgan fingerprint density at radius 3 is 2.76 bits per heavy atom. The van der Waals surface area contributed by atoms with Gasteiger partial charge in [0, 0.05) is 19.1 Å².